The molecule has 0 bridgehead atoms. The zero-order valence-electron chi connectivity index (χ0n) is 13.3. The van der Waals surface area contributed by atoms with Gasteiger partial charge >= 0.3 is 0 Å². The summed E-state index contributed by atoms with van der Waals surface area (Å²) in [6, 6.07) is 7.65. The highest BCUT2D eigenvalue weighted by atomic mass is 35.5. The number of aliphatic hydroxyl groups is 1. The Morgan fingerprint density at radius 2 is 1.95 bits per heavy atom. The highest BCUT2D eigenvalue weighted by molar-refractivity contribution is 6.30. The predicted molar refractivity (Wildman–Crippen MR) is 88.4 cm³/mol. The van der Waals surface area contributed by atoms with E-state index in [9.17, 15) is 0 Å². The summed E-state index contributed by atoms with van der Waals surface area (Å²) < 4.78 is 1.82. The summed E-state index contributed by atoms with van der Waals surface area (Å²) in [6.07, 6.45) is 0.802. The van der Waals surface area contributed by atoms with Crippen LogP contribution in [0.1, 0.15) is 37.7 Å². The number of nitrogens with zero attached hydrogens (tertiary/aromatic N) is 3. The van der Waals surface area contributed by atoms with Crippen molar-refractivity contribution in [2.75, 3.05) is 13.2 Å². The van der Waals surface area contributed by atoms with Crippen molar-refractivity contribution in [3.8, 4) is 5.69 Å². The van der Waals surface area contributed by atoms with E-state index >= 15 is 0 Å². The van der Waals surface area contributed by atoms with Crippen LogP contribution in [-0.4, -0.2) is 33.3 Å². The van der Waals surface area contributed by atoms with Crippen LogP contribution in [-0.2, 0) is 0 Å². The quantitative estimate of drug-likeness (QED) is 0.822. The van der Waals surface area contributed by atoms with E-state index in [2.05, 4.69) is 29.5 Å². The van der Waals surface area contributed by atoms with Crippen LogP contribution in [0.3, 0.4) is 0 Å². The minimum absolute atomic E-state index is 0.113. The van der Waals surface area contributed by atoms with Crippen molar-refractivity contribution in [1.29, 1.82) is 0 Å². The van der Waals surface area contributed by atoms with E-state index in [1.807, 2.05) is 35.9 Å². The van der Waals surface area contributed by atoms with Gasteiger partial charge in [0.2, 0.25) is 0 Å². The highest BCUT2D eigenvalue weighted by Crippen LogP contribution is 2.19. The molecule has 0 saturated heterocycles. The number of hydrogen-bond donors (Lipinski definition) is 2. The molecule has 0 amide bonds. The van der Waals surface area contributed by atoms with Gasteiger partial charge in [-0.25, -0.2) is 4.68 Å². The van der Waals surface area contributed by atoms with E-state index < -0.39 is 0 Å². The molecule has 2 unspecified atom stereocenters. The number of nitrogens with one attached hydrogen (secondary N) is 1. The van der Waals surface area contributed by atoms with Crippen LogP contribution >= 0.6 is 11.6 Å². The Bertz CT molecular complexity index is 597. The molecule has 120 valence electrons. The first kappa shape index (κ1) is 16.9. The first-order valence-corrected chi connectivity index (χ1v) is 7.93. The summed E-state index contributed by atoms with van der Waals surface area (Å²) in [6.45, 7) is 7.28. The summed E-state index contributed by atoms with van der Waals surface area (Å²) in [4.78, 5) is 0. The third kappa shape index (κ3) is 4.06. The average Bonchev–Trinajstić information content (AvgIpc) is 2.88. The first-order valence-electron chi connectivity index (χ1n) is 7.55. The summed E-state index contributed by atoms with van der Waals surface area (Å²) >= 11 is 5.92. The molecular formula is C16H23ClN4O. The van der Waals surface area contributed by atoms with Gasteiger partial charge in [-0.3, -0.25) is 0 Å². The standard InChI is InChI=1S/C16H23ClN4O/c1-11(8-9-22)10-18-12(2)16-13(3)21(20-19-16)15-6-4-14(17)5-7-15/h4-7,11-12,18,22H,8-10H2,1-3H3. The van der Waals surface area contributed by atoms with Crippen LogP contribution in [0.25, 0.3) is 5.69 Å². The number of benzene rings is 1. The second-order valence-electron chi connectivity index (χ2n) is 5.70. The maximum Gasteiger partial charge on any atom is 0.103 e. The van der Waals surface area contributed by atoms with Gasteiger partial charge in [0.05, 0.1) is 17.4 Å². The lowest BCUT2D eigenvalue weighted by atomic mass is 10.1. The van der Waals surface area contributed by atoms with Gasteiger partial charge in [0.25, 0.3) is 0 Å². The molecule has 5 nitrogen and oxygen atoms in total. The molecule has 0 radical (unpaired) electrons. The topological polar surface area (TPSA) is 63.0 Å². The average molecular weight is 323 g/mol. The SMILES string of the molecule is Cc1c(C(C)NCC(C)CCO)nnn1-c1ccc(Cl)cc1. The molecule has 0 aliphatic carbocycles. The Balaban J connectivity index is 2.08. The fourth-order valence-electron chi connectivity index (χ4n) is 2.37. The zero-order chi connectivity index (χ0) is 16.1. The Hall–Kier alpha value is -1.43. The van der Waals surface area contributed by atoms with Crippen molar-refractivity contribution in [2.24, 2.45) is 5.92 Å². The number of aliphatic hydroxyl groups excluding tert-OH is 1. The molecule has 0 fully saturated rings. The number of aromatic nitrogens is 3. The predicted octanol–water partition coefficient (Wildman–Crippen LogP) is 2.90. The molecule has 2 rings (SSSR count). The Morgan fingerprint density at radius 1 is 1.27 bits per heavy atom. The van der Waals surface area contributed by atoms with Crippen molar-refractivity contribution >= 4 is 11.6 Å². The van der Waals surface area contributed by atoms with Crippen molar-refractivity contribution in [2.45, 2.75) is 33.2 Å². The lowest BCUT2D eigenvalue weighted by Crippen LogP contribution is -2.25. The minimum Gasteiger partial charge on any atom is -0.396 e. The third-order valence-corrected chi connectivity index (χ3v) is 4.06. The summed E-state index contributed by atoms with van der Waals surface area (Å²) in [5.41, 5.74) is 2.89. The Kier molecular flexibility index (Phi) is 5.94. The van der Waals surface area contributed by atoms with Gasteiger partial charge in [0.1, 0.15) is 5.69 Å². The Labute approximate surface area is 136 Å². The molecule has 0 aliphatic rings. The molecular weight excluding hydrogens is 300 g/mol. The molecule has 1 heterocycles. The number of halogens is 1. The van der Waals surface area contributed by atoms with Crippen LogP contribution < -0.4 is 5.32 Å². The molecule has 2 aromatic rings. The molecule has 0 spiro atoms. The maximum absolute atomic E-state index is 8.95. The van der Waals surface area contributed by atoms with Gasteiger partial charge < -0.3 is 10.4 Å². The van der Waals surface area contributed by atoms with E-state index in [4.69, 9.17) is 16.7 Å². The molecule has 6 heteroatoms. The van der Waals surface area contributed by atoms with Gasteiger partial charge in [-0.15, -0.1) is 5.10 Å². The summed E-state index contributed by atoms with van der Waals surface area (Å²) in [7, 11) is 0. The fourth-order valence-corrected chi connectivity index (χ4v) is 2.49. The molecule has 1 aromatic heterocycles. The van der Waals surface area contributed by atoms with Gasteiger partial charge in [-0.2, -0.15) is 0 Å². The van der Waals surface area contributed by atoms with E-state index in [-0.39, 0.29) is 12.6 Å². The van der Waals surface area contributed by atoms with Crippen molar-refractivity contribution in [1.82, 2.24) is 20.3 Å². The van der Waals surface area contributed by atoms with E-state index in [0.29, 0.717) is 10.9 Å². The highest BCUT2D eigenvalue weighted by Gasteiger charge is 2.16. The monoisotopic (exact) mass is 322 g/mol. The van der Waals surface area contributed by atoms with E-state index in [1.165, 1.54) is 0 Å². The van der Waals surface area contributed by atoms with Gasteiger partial charge in [0, 0.05) is 11.6 Å². The molecule has 0 aliphatic heterocycles. The third-order valence-electron chi connectivity index (χ3n) is 3.81. The minimum atomic E-state index is 0.113. The summed E-state index contributed by atoms with van der Waals surface area (Å²) in [5, 5.41) is 21.7. The van der Waals surface area contributed by atoms with Gasteiger partial charge in [-0.05, 0) is 57.0 Å². The van der Waals surface area contributed by atoms with Crippen LogP contribution in [0.15, 0.2) is 24.3 Å². The largest absolute Gasteiger partial charge is 0.396 e. The smallest absolute Gasteiger partial charge is 0.103 e. The van der Waals surface area contributed by atoms with Crippen molar-refractivity contribution in [3.05, 3.63) is 40.7 Å². The van der Waals surface area contributed by atoms with E-state index in [0.717, 1.165) is 30.0 Å². The first-order chi connectivity index (χ1) is 10.5. The Morgan fingerprint density at radius 3 is 2.59 bits per heavy atom. The lowest BCUT2D eigenvalue weighted by molar-refractivity contribution is 0.258. The van der Waals surface area contributed by atoms with Crippen LogP contribution in [0, 0.1) is 12.8 Å². The molecule has 1 aromatic carbocycles. The van der Waals surface area contributed by atoms with Crippen molar-refractivity contribution < 1.29 is 5.11 Å². The second kappa shape index (κ2) is 7.72. The van der Waals surface area contributed by atoms with Gasteiger partial charge in [0.15, 0.2) is 0 Å². The maximum atomic E-state index is 8.95. The van der Waals surface area contributed by atoms with Crippen LogP contribution in [0.5, 0.6) is 0 Å². The number of rotatable bonds is 7. The van der Waals surface area contributed by atoms with Crippen molar-refractivity contribution in [3.63, 3.8) is 0 Å². The second-order valence-corrected chi connectivity index (χ2v) is 6.13. The molecule has 2 atom stereocenters. The van der Waals surface area contributed by atoms with Crippen LogP contribution in [0.4, 0.5) is 0 Å². The normalized spacial score (nSPS) is 14.0. The van der Waals surface area contributed by atoms with Crippen LogP contribution in [0.2, 0.25) is 5.02 Å². The van der Waals surface area contributed by atoms with E-state index in [1.54, 1.807) is 0 Å². The summed E-state index contributed by atoms with van der Waals surface area (Å²) in [5.74, 6) is 0.430. The lowest BCUT2D eigenvalue weighted by Gasteiger charge is -2.16. The van der Waals surface area contributed by atoms with Gasteiger partial charge in [-0.1, -0.05) is 23.7 Å². The zero-order valence-corrected chi connectivity index (χ0v) is 14.0. The molecule has 2 N–H and O–H groups in total. The molecule has 0 saturated carbocycles. The fraction of sp³-hybridized carbons (Fsp3) is 0.500. The molecule has 22 heavy (non-hydrogen) atoms. The number of hydrogen-bond acceptors (Lipinski definition) is 4.